The van der Waals surface area contributed by atoms with Gasteiger partial charge in [0.25, 0.3) is 11.8 Å². The minimum Gasteiger partial charge on any atom is -0.334 e. The average Bonchev–Trinajstić information content (AvgIpc) is 3.10. The van der Waals surface area contributed by atoms with E-state index in [1.54, 1.807) is 23.2 Å². The zero-order valence-electron chi connectivity index (χ0n) is 14.4. The molecule has 0 saturated heterocycles. The van der Waals surface area contributed by atoms with Gasteiger partial charge in [-0.05, 0) is 36.4 Å². The van der Waals surface area contributed by atoms with Gasteiger partial charge in [0, 0.05) is 36.2 Å². The predicted molar refractivity (Wildman–Crippen MR) is 97.2 cm³/mol. The quantitative estimate of drug-likeness (QED) is 0.777. The van der Waals surface area contributed by atoms with Crippen molar-refractivity contribution in [1.82, 2.24) is 14.8 Å². The minimum atomic E-state index is -0.397. The second-order valence-electron chi connectivity index (χ2n) is 6.32. The number of carbonyl (C=O) groups excluding carboxylic acids is 2. The normalized spacial score (nSPS) is 13.1. The van der Waals surface area contributed by atoms with Crippen LogP contribution in [0.1, 0.15) is 32.0 Å². The summed E-state index contributed by atoms with van der Waals surface area (Å²) in [6.07, 6.45) is 2.24. The van der Waals surface area contributed by atoms with Crippen LogP contribution in [0, 0.1) is 5.82 Å². The fraction of sp³-hybridized carbons (Fsp3) is 0.150. The highest BCUT2D eigenvalue weighted by Crippen LogP contribution is 2.20. The van der Waals surface area contributed by atoms with Gasteiger partial charge in [-0.3, -0.25) is 9.59 Å². The lowest BCUT2D eigenvalue weighted by atomic mass is 10.1. The van der Waals surface area contributed by atoms with E-state index in [9.17, 15) is 14.0 Å². The number of fused-ring (bicyclic) bond motifs is 1. The highest BCUT2D eigenvalue weighted by atomic mass is 19.1. The molecule has 1 aliphatic rings. The number of nitrogens with zero attached hydrogens (tertiary/aromatic N) is 3. The van der Waals surface area contributed by atoms with Gasteiger partial charge < -0.3 is 4.90 Å². The van der Waals surface area contributed by atoms with Crippen LogP contribution in [0.25, 0.3) is 0 Å². The highest BCUT2D eigenvalue weighted by molar-refractivity contribution is 5.99. The second kappa shape index (κ2) is 7.03. The summed E-state index contributed by atoms with van der Waals surface area (Å²) < 4.78 is 13.0. The molecule has 3 aromatic rings. The van der Waals surface area contributed by atoms with Gasteiger partial charge in [-0.15, -0.1) is 0 Å². The Bertz CT molecular complexity index is 983. The zero-order valence-corrected chi connectivity index (χ0v) is 14.4. The molecule has 4 rings (SSSR count). The van der Waals surface area contributed by atoms with Crippen LogP contribution >= 0.6 is 0 Å². The van der Waals surface area contributed by atoms with Crippen molar-refractivity contribution in [3.63, 3.8) is 0 Å². The standard InChI is InChI=1S/C20H17FN4O2/c21-17-8-6-14(7-9-17)19(26)23-25-18-10-11-24(13-16(18)12-22-25)20(27)15-4-2-1-3-5-15/h1-9,12H,10-11,13H2,(H,23,26). The van der Waals surface area contributed by atoms with Crippen LogP contribution in [0.15, 0.2) is 60.8 Å². The average molecular weight is 364 g/mol. The Labute approximate surface area is 155 Å². The van der Waals surface area contributed by atoms with Crippen molar-refractivity contribution in [1.29, 1.82) is 0 Å². The number of benzene rings is 2. The van der Waals surface area contributed by atoms with Crippen LogP contribution in [0.4, 0.5) is 4.39 Å². The highest BCUT2D eigenvalue weighted by Gasteiger charge is 2.25. The molecular weight excluding hydrogens is 347 g/mol. The van der Waals surface area contributed by atoms with E-state index in [1.807, 2.05) is 18.2 Å². The van der Waals surface area contributed by atoms with Crippen molar-refractivity contribution in [2.75, 3.05) is 12.0 Å². The summed E-state index contributed by atoms with van der Waals surface area (Å²) in [5.41, 5.74) is 5.45. The first kappa shape index (κ1) is 17.0. The molecule has 2 amide bonds. The summed E-state index contributed by atoms with van der Waals surface area (Å²) in [6, 6.07) is 14.5. The Morgan fingerprint density at radius 3 is 2.48 bits per heavy atom. The van der Waals surface area contributed by atoms with Gasteiger partial charge in [-0.25, -0.2) is 9.82 Å². The smallest absolute Gasteiger partial charge is 0.271 e. The molecule has 0 atom stereocenters. The molecule has 1 aromatic heterocycles. The van der Waals surface area contributed by atoms with Gasteiger partial charge in [0.05, 0.1) is 11.9 Å². The SMILES string of the molecule is O=C(Nn1ncc2c1CCN(C(=O)c1ccccc1)C2)c1ccc(F)cc1. The van der Waals surface area contributed by atoms with Crippen molar-refractivity contribution >= 4 is 11.8 Å². The molecule has 0 bridgehead atoms. The molecule has 0 radical (unpaired) electrons. The van der Waals surface area contributed by atoms with Crippen molar-refractivity contribution in [2.45, 2.75) is 13.0 Å². The molecule has 0 unspecified atom stereocenters. The van der Waals surface area contributed by atoms with Crippen LogP contribution in [-0.2, 0) is 13.0 Å². The Morgan fingerprint density at radius 2 is 1.74 bits per heavy atom. The number of carbonyl (C=O) groups is 2. The first-order valence-electron chi connectivity index (χ1n) is 8.59. The van der Waals surface area contributed by atoms with Gasteiger partial charge in [0.2, 0.25) is 0 Å². The maximum atomic E-state index is 13.0. The number of nitrogens with one attached hydrogen (secondary N) is 1. The lowest BCUT2D eigenvalue weighted by Crippen LogP contribution is -2.37. The van der Waals surface area contributed by atoms with Crippen molar-refractivity contribution in [2.24, 2.45) is 0 Å². The summed E-state index contributed by atoms with van der Waals surface area (Å²) >= 11 is 0. The molecule has 0 spiro atoms. The number of amides is 2. The van der Waals surface area contributed by atoms with Crippen molar-refractivity contribution in [3.05, 3.63) is 89.0 Å². The van der Waals surface area contributed by atoms with E-state index in [1.165, 1.54) is 29.1 Å². The Morgan fingerprint density at radius 1 is 1.00 bits per heavy atom. The van der Waals surface area contributed by atoms with Gasteiger partial charge in [-0.1, -0.05) is 18.2 Å². The fourth-order valence-electron chi connectivity index (χ4n) is 3.13. The van der Waals surface area contributed by atoms with E-state index in [0.29, 0.717) is 30.6 Å². The summed E-state index contributed by atoms with van der Waals surface area (Å²) in [4.78, 5) is 28.1. The lowest BCUT2D eigenvalue weighted by Gasteiger charge is -2.27. The molecular formula is C20H17FN4O2. The third-order valence-electron chi connectivity index (χ3n) is 4.56. The first-order chi connectivity index (χ1) is 13.1. The van der Waals surface area contributed by atoms with E-state index >= 15 is 0 Å². The number of halogens is 1. The third-order valence-corrected chi connectivity index (χ3v) is 4.56. The maximum absolute atomic E-state index is 13.0. The number of hydrogen-bond acceptors (Lipinski definition) is 3. The van der Waals surface area contributed by atoms with Crippen molar-refractivity contribution in [3.8, 4) is 0 Å². The second-order valence-corrected chi connectivity index (χ2v) is 6.32. The van der Waals surface area contributed by atoms with Gasteiger partial charge in [0.1, 0.15) is 5.82 Å². The predicted octanol–water partition coefficient (Wildman–Crippen LogP) is 2.60. The maximum Gasteiger partial charge on any atom is 0.271 e. The molecule has 6 nitrogen and oxygen atoms in total. The Balaban J connectivity index is 1.48. The molecule has 27 heavy (non-hydrogen) atoms. The minimum absolute atomic E-state index is 0.0238. The summed E-state index contributed by atoms with van der Waals surface area (Å²) in [6.45, 7) is 0.980. The molecule has 0 fully saturated rings. The zero-order chi connectivity index (χ0) is 18.8. The van der Waals surface area contributed by atoms with Gasteiger partial charge >= 0.3 is 0 Å². The molecule has 1 aliphatic heterocycles. The van der Waals surface area contributed by atoms with E-state index in [0.717, 1.165) is 11.3 Å². The van der Waals surface area contributed by atoms with Crippen molar-refractivity contribution < 1.29 is 14.0 Å². The molecule has 2 heterocycles. The van der Waals surface area contributed by atoms with Crippen LogP contribution in [0.3, 0.4) is 0 Å². The van der Waals surface area contributed by atoms with Crippen LogP contribution in [-0.4, -0.2) is 33.1 Å². The topological polar surface area (TPSA) is 67.2 Å². The summed E-state index contributed by atoms with van der Waals surface area (Å²) in [5.74, 6) is -0.792. The van der Waals surface area contributed by atoms with E-state index in [2.05, 4.69) is 10.5 Å². The van der Waals surface area contributed by atoms with Crippen LogP contribution in [0.5, 0.6) is 0 Å². The molecule has 0 aliphatic carbocycles. The Kier molecular flexibility index (Phi) is 4.42. The molecule has 7 heteroatoms. The van der Waals surface area contributed by atoms with Crippen LogP contribution in [0.2, 0.25) is 0 Å². The first-order valence-corrected chi connectivity index (χ1v) is 8.59. The Hall–Kier alpha value is -3.48. The fourth-order valence-corrected chi connectivity index (χ4v) is 3.13. The lowest BCUT2D eigenvalue weighted by molar-refractivity contribution is 0.0732. The molecule has 136 valence electrons. The van der Waals surface area contributed by atoms with Gasteiger partial charge in [0.15, 0.2) is 0 Å². The molecule has 0 saturated carbocycles. The van der Waals surface area contributed by atoms with E-state index in [4.69, 9.17) is 0 Å². The van der Waals surface area contributed by atoms with Crippen LogP contribution < -0.4 is 5.43 Å². The van der Waals surface area contributed by atoms with Gasteiger partial charge in [-0.2, -0.15) is 9.89 Å². The summed E-state index contributed by atoms with van der Waals surface area (Å²) in [7, 11) is 0. The number of aromatic nitrogens is 2. The summed E-state index contributed by atoms with van der Waals surface area (Å²) in [5, 5.41) is 4.22. The largest absolute Gasteiger partial charge is 0.334 e. The third kappa shape index (κ3) is 3.44. The van der Waals surface area contributed by atoms with E-state index in [-0.39, 0.29) is 11.8 Å². The number of rotatable bonds is 3. The number of hydrogen-bond donors (Lipinski definition) is 1. The van der Waals surface area contributed by atoms with E-state index < -0.39 is 5.82 Å². The molecule has 2 aromatic carbocycles. The monoisotopic (exact) mass is 364 g/mol. The molecule has 1 N–H and O–H groups in total.